The second-order valence-electron chi connectivity index (χ2n) is 1.20. The summed E-state index contributed by atoms with van der Waals surface area (Å²) in [6.45, 7) is 1.66. The Morgan fingerprint density at radius 1 is 1.86 bits per heavy atom. The summed E-state index contributed by atoms with van der Waals surface area (Å²) in [6, 6.07) is 0. The van der Waals surface area contributed by atoms with E-state index in [1.165, 1.54) is 6.20 Å². The number of hydrogen-bond acceptors (Lipinski definition) is 4. The molecule has 1 aliphatic heterocycles. The molecule has 4 nitrogen and oxygen atoms in total. The average molecular weight is 103 g/mol. The van der Waals surface area contributed by atoms with Crippen molar-refractivity contribution in [2.75, 3.05) is 0 Å². The second-order valence-corrected chi connectivity index (χ2v) is 1.20. The lowest BCUT2D eigenvalue weighted by Crippen LogP contribution is -2.03. The number of rotatable bonds is 0. The van der Waals surface area contributed by atoms with Crippen LogP contribution >= 0.6 is 0 Å². The molecular formula is C3H5NO3. The minimum absolute atomic E-state index is 0.495. The van der Waals surface area contributed by atoms with Gasteiger partial charge in [0, 0.05) is 0 Å². The summed E-state index contributed by atoms with van der Waals surface area (Å²) >= 11 is 0. The third-order valence-corrected chi connectivity index (χ3v) is 0.537. The predicted molar refractivity (Wildman–Crippen MR) is 19.6 cm³/mol. The molecule has 0 saturated heterocycles. The fourth-order valence-electron chi connectivity index (χ4n) is 0.296. The van der Waals surface area contributed by atoms with Crippen LogP contribution in [0.15, 0.2) is 12.0 Å². The van der Waals surface area contributed by atoms with Gasteiger partial charge in [-0.15, -0.1) is 0 Å². The number of hydroxylamine groups is 2. The van der Waals surface area contributed by atoms with Crippen molar-refractivity contribution in [2.24, 2.45) is 0 Å². The lowest BCUT2D eigenvalue weighted by Gasteiger charge is -1.96. The molecule has 0 aromatic rings. The molecule has 0 saturated carbocycles. The van der Waals surface area contributed by atoms with E-state index in [0.29, 0.717) is 11.0 Å². The van der Waals surface area contributed by atoms with Crippen LogP contribution in [0.1, 0.15) is 6.92 Å². The van der Waals surface area contributed by atoms with Gasteiger partial charge in [0.15, 0.2) is 5.76 Å². The van der Waals surface area contributed by atoms with Gasteiger partial charge in [-0.3, -0.25) is 5.21 Å². The Morgan fingerprint density at radius 2 is 2.57 bits per heavy atom. The third kappa shape index (κ3) is 0.819. The van der Waals surface area contributed by atoms with Crippen molar-refractivity contribution in [1.82, 2.24) is 5.23 Å². The Morgan fingerprint density at radius 3 is 2.71 bits per heavy atom. The molecule has 40 valence electrons. The van der Waals surface area contributed by atoms with Crippen molar-refractivity contribution in [2.45, 2.75) is 6.92 Å². The molecule has 1 aliphatic rings. The summed E-state index contributed by atoms with van der Waals surface area (Å²) in [6.07, 6.45) is 1.31. The van der Waals surface area contributed by atoms with Gasteiger partial charge >= 0.3 is 0 Å². The molecule has 1 rings (SSSR count). The van der Waals surface area contributed by atoms with E-state index in [-0.39, 0.29) is 0 Å². The molecule has 0 aromatic carbocycles. The zero-order chi connectivity index (χ0) is 5.28. The molecule has 0 spiro atoms. The van der Waals surface area contributed by atoms with E-state index in [0.717, 1.165) is 0 Å². The standard InChI is InChI=1S/C3H5NO3/c1-3-2-4(5)7-6-3/h2,5H,1H3. The van der Waals surface area contributed by atoms with E-state index >= 15 is 0 Å². The molecule has 4 heteroatoms. The molecule has 0 fully saturated rings. The van der Waals surface area contributed by atoms with Crippen molar-refractivity contribution < 1.29 is 15.1 Å². The molecule has 0 unspecified atom stereocenters. The first-order valence-corrected chi connectivity index (χ1v) is 1.80. The zero-order valence-corrected chi connectivity index (χ0v) is 3.79. The van der Waals surface area contributed by atoms with Gasteiger partial charge in [0.25, 0.3) is 0 Å². The Labute approximate surface area is 40.4 Å². The Balaban J connectivity index is 2.50. The summed E-state index contributed by atoms with van der Waals surface area (Å²) in [5, 5.41) is 8.80. The van der Waals surface area contributed by atoms with Crippen LogP contribution in [-0.2, 0) is 9.88 Å². The van der Waals surface area contributed by atoms with E-state index in [2.05, 4.69) is 9.88 Å². The summed E-state index contributed by atoms with van der Waals surface area (Å²) in [5.74, 6) is 0.530. The van der Waals surface area contributed by atoms with E-state index in [1.54, 1.807) is 6.92 Å². The minimum Gasteiger partial charge on any atom is -0.315 e. The summed E-state index contributed by atoms with van der Waals surface area (Å²) < 4.78 is 0. The smallest absolute Gasteiger partial charge is 0.163 e. The molecule has 0 bridgehead atoms. The molecule has 0 aliphatic carbocycles. The molecule has 0 aromatic heterocycles. The first-order chi connectivity index (χ1) is 3.29. The molecule has 0 amide bonds. The van der Waals surface area contributed by atoms with Gasteiger partial charge in [-0.2, -0.15) is 0 Å². The molecule has 0 atom stereocenters. The first-order valence-electron chi connectivity index (χ1n) is 1.80. The summed E-state index contributed by atoms with van der Waals surface area (Å²) in [5.41, 5.74) is 0. The van der Waals surface area contributed by atoms with Gasteiger partial charge < -0.3 is 4.89 Å². The number of hydrogen-bond donors (Lipinski definition) is 1. The molecule has 0 radical (unpaired) electrons. The lowest BCUT2D eigenvalue weighted by molar-refractivity contribution is -0.452. The van der Waals surface area contributed by atoms with Crippen LogP contribution < -0.4 is 0 Å². The molecule has 1 heterocycles. The van der Waals surface area contributed by atoms with Crippen LogP contribution in [-0.4, -0.2) is 10.4 Å². The van der Waals surface area contributed by atoms with Gasteiger partial charge in [-0.25, -0.2) is 0 Å². The Bertz CT molecular complexity index is 100. The lowest BCUT2D eigenvalue weighted by atomic mass is 10.6. The van der Waals surface area contributed by atoms with E-state index in [9.17, 15) is 0 Å². The van der Waals surface area contributed by atoms with Crippen molar-refractivity contribution in [3.8, 4) is 0 Å². The van der Waals surface area contributed by atoms with Gasteiger partial charge in [0.05, 0.1) is 0 Å². The maximum Gasteiger partial charge on any atom is 0.163 e. The third-order valence-electron chi connectivity index (χ3n) is 0.537. The fraction of sp³-hybridized carbons (Fsp3) is 0.333. The number of nitrogens with zero attached hydrogens (tertiary/aromatic N) is 1. The van der Waals surface area contributed by atoms with Crippen LogP contribution in [0.3, 0.4) is 0 Å². The topological polar surface area (TPSA) is 41.9 Å². The minimum atomic E-state index is 0.495. The predicted octanol–water partition coefficient (Wildman–Crippen LogP) is 0.416. The Hall–Kier alpha value is -0.740. The fourth-order valence-corrected chi connectivity index (χ4v) is 0.296. The van der Waals surface area contributed by atoms with E-state index in [1.807, 2.05) is 0 Å². The Kier molecular flexibility index (Phi) is 0.883. The zero-order valence-electron chi connectivity index (χ0n) is 3.79. The molecule has 7 heavy (non-hydrogen) atoms. The van der Waals surface area contributed by atoms with Gasteiger partial charge in [0.2, 0.25) is 0 Å². The van der Waals surface area contributed by atoms with Crippen LogP contribution in [0.5, 0.6) is 0 Å². The van der Waals surface area contributed by atoms with E-state index < -0.39 is 0 Å². The van der Waals surface area contributed by atoms with Crippen molar-refractivity contribution in [3.63, 3.8) is 0 Å². The highest BCUT2D eigenvalue weighted by atomic mass is 17.3. The monoisotopic (exact) mass is 103 g/mol. The SMILES string of the molecule is CC1=CN(O)OO1. The first kappa shape index (κ1) is 4.42. The van der Waals surface area contributed by atoms with Gasteiger partial charge in [-0.1, -0.05) is 5.23 Å². The quantitative estimate of drug-likeness (QED) is 0.451. The normalized spacial score (nSPS) is 19.1. The van der Waals surface area contributed by atoms with Crippen LogP contribution in [0.4, 0.5) is 0 Å². The summed E-state index contributed by atoms with van der Waals surface area (Å²) in [4.78, 5) is 8.36. The maximum absolute atomic E-state index is 8.31. The second kappa shape index (κ2) is 1.40. The van der Waals surface area contributed by atoms with Gasteiger partial charge in [-0.05, 0) is 11.9 Å². The molecule has 1 N–H and O–H groups in total. The van der Waals surface area contributed by atoms with Gasteiger partial charge in [0.1, 0.15) is 6.20 Å². The van der Waals surface area contributed by atoms with E-state index in [4.69, 9.17) is 5.21 Å². The van der Waals surface area contributed by atoms with Crippen LogP contribution in [0, 0.1) is 0 Å². The highest BCUT2D eigenvalue weighted by molar-refractivity contribution is 4.83. The highest BCUT2D eigenvalue weighted by Crippen LogP contribution is 2.06. The van der Waals surface area contributed by atoms with Crippen molar-refractivity contribution in [1.29, 1.82) is 0 Å². The summed E-state index contributed by atoms with van der Waals surface area (Å²) in [7, 11) is 0. The van der Waals surface area contributed by atoms with Crippen molar-refractivity contribution in [3.05, 3.63) is 12.0 Å². The largest absolute Gasteiger partial charge is 0.315 e. The van der Waals surface area contributed by atoms with Crippen LogP contribution in [0.2, 0.25) is 0 Å². The molecular weight excluding hydrogens is 98.0 g/mol. The highest BCUT2D eigenvalue weighted by Gasteiger charge is 2.06. The number of allylic oxidation sites excluding steroid dienone is 1. The average Bonchev–Trinajstić information content (AvgIpc) is 1.87. The van der Waals surface area contributed by atoms with Crippen LogP contribution in [0.25, 0.3) is 0 Å². The maximum atomic E-state index is 8.31. The van der Waals surface area contributed by atoms with Crippen molar-refractivity contribution >= 4 is 0 Å².